The van der Waals surface area contributed by atoms with Gasteiger partial charge in [-0.05, 0) is 43.2 Å². The van der Waals surface area contributed by atoms with Crippen molar-refractivity contribution in [3.8, 4) is 17.3 Å². The molecule has 0 spiro atoms. The number of rotatable bonds is 6. The van der Waals surface area contributed by atoms with Crippen LogP contribution >= 0.6 is 0 Å². The number of carbonyl (C=O) groups excluding carboxylic acids is 1. The van der Waals surface area contributed by atoms with Gasteiger partial charge in [0.25, 0.3) is 0 Å². The van der Waals surface area contributed by atoms with Crippen LogP contribution in [0.1, 0.15) is 12.8 Å². The Bertz CT molecular complexity index is 990. The van der Waals surface area contributed by atoms with E-state index in [2.05, 4.69) is 25.5 Å². The Morgan fingerprint density at radius 3 is 2.60 bits per heavy atom. The van der Waals surface area contributed by atoms with E-state index in [4.69, 9.17) is 9.47 Å². The fraction of sp³-hybridized carbons (Fsp3) is 0.333. The van der Waals surface area contributed by atoms with Gasteiger partial charge in [-0.25, -0.2) is 4.68 Å². The van der Waals surface area contributed by atoms with Gasteiger partial charge in [-0.3, -0.25) is 4.79 Å². The number of anilines is 2. The highest BCUT2D eigenvalue weighted by Crippen LogP contribution is 2.30. The minimum absolute atomic E-state index is 0.0203. The highest BCUT2D eigenvalue weighted by molar-refractivity contribution is 5.93. The average molecular weight is 408 g/mol. The van der Waals surface area contributed by atoms with Crippen LogP contribution in [-0.4, -0.2) is 53.2 Å². The maximum absolute atomic E-state index is 12.9. The van der Waals surface area contributed by atoms with Gasteiger partial charge in [0.15, 0.2) is 23.1 Å². The van der Waals surface area contributed by atoms with Crippen molar-refractivity contribution in [1.82, 2.24) is 20.0 Å². The van der Waals surface area contributed by atoms with E-state index < -0.39 is 0 Å². The summed E-state index contributed by atoms with van der Waals surface area (Å²) >= 11 is 0. The second-order valence-electron chi connectivity index (χ2n) is 7.04. The van der Waals surface area contributed by atoms with Crippen molar-refractivity contribution in [2.75, 3.05) is 37.5 Å². The van der Waals surface area contributed by atoms with Gasteiger partial charge in [0.1, 0.15) is 0 Å². The number of ether oxygens (including phenoxy) is 2. The lowest BCUT2D eigenvalue weighted by Crippen LogP contribution is -2.41. The molecule has 1 unspecified atom stereocenters. The Balaban J connectivity index is 1.41. The number of benzene rings is 1. The molecule has 2 aromatic heterocycles. The lowest BCUT2D eigenvalue weighted by Gasteiger charge is -2.32. The fourth-order valence-corrected chi connectivity index (χ4v) is 3.57. The second-order valence-corrected chi connectivity index (χ2v) is 7.04. The maximum Gasteiger partial charge on any atom is 0.229 e. The van der Waals surface area contributed by atoms with Crippen molar-refractivity contribution in [3.05, 3.63) is 48.8 Å². The number of piperidine rings is 1. The van der Waals surface area contributed by atoms with Gasteiger partial charge in [0, 0.05) is 37.2 Å². The van der Waals surface area contributed by atoms with Crippen LogP contribution in [-0.2, 0) is 4.79 Å². The molecule has 1 aliphatic rings. The second kappa shape index (κ2) is 8.81. The molecule has 4 rings (SSSR count). The molecule has 0 radical (unpaired) electrons. The van der Waals surface area contributed by atoms with Crippen molar-refractivity contribution < 1.29 is 14.3 Å². The maximum atomic E-state index is 12.9. The topological polar surface area (TPSA) is 94.4 Å². The first-order chi connectivity index (χ1) is 14.7. The molecule has 9 nitrogen and oxygen atoms in total. The van der Waals surface area contributed by atoms with Crippen molar-refractivity contribution in [2.24, 2.45) is 5.92 Å². The molecular weight excluding hydrogens is 384 g/mol. The summed E-state index contributed by atoms with van der Waals surface area (Å²) in [7, 11) is 3.15. The van der Waals surface area contributed by atoms with E-state index in [1.54, 1.807) is 43.3 Å². The summed E-state index contributed by atoms with van der Waals surface area (Å²) in [6, 6.07) is 11.0. The average Bonchev–Trinajstić information content (AvgIpc) is 3.34. The number of methoxy groups -OCH3 is 2. The lowest BCUT2D eigenvalue weighted by molar-refractivity contribution is -0.120. The molecule has 9 heteroatoms. The van der Waals surface area contributed by atoms with Crippen LogP contribution in [0, 0.1) is 5.92 Å². The van der Waals surface area contributed by atoms with Crippen molar-refractivity contribution >= 4 is 17.4 Å². The Morgan fingerprint density at radius 1 is 1.10 bits per heavy atom. The molecule has 0 aliphatic carbocycles. The molecule has 1 aromatic carbocycles. The van der Waals surface area contributed by atoms with Crippen LogP contribution < -0.4 is 19.7 Å². The Morgan fingerprint density at radius 2 is 1.90 bits per heavy atom. The number of amides is 1. The largest absolute Gasteiger partial charge is 0.493 e. The van der Waals surface area contributed by atoms with Gasteiger partial charge in [-0.15, -0.1) is 10.2 Å². The summed E-state index contributed by atoms with van der Waals surface area (Å²) in [5.74, 6) is 2.45. The highest BCUT2D eigenvalue weighted by atomic mass is 16.5. The number of aromatic nitrogens is 4. The third-order valence-corrected chi connectivity index (χ3v) is 5.14. The molecular formula is C21H24N6O3. The van der Waals surface area contributed by atoms with E-state index in [-0.39, 0.29) is 11.8 Å². The summed E-state index contributed by atoms with van der Waals surface area (Å²) in [6.07, 6.45) is 5.25. The van der Waals surface area contributed by atoms with Crippen LogP contribution in [0.25, 0.3) is 5.82 Å². The fourth-order valence-electron chi connectivity index (χ4n) is 3.57. The van der Waals surface area contributed by atoms with Gasteiger partial charge in [0.2, 0.25) is 5.91 Å². The molecule has 1 N–H and O–H groups in total. The first-order valence-electron chi connectivity index (χ1n) is 9.79. The first kappa shape index (κ1) is 19.7. The molecule has 1 atom stereocenters. The molecule has 156 valence electrons. The molecule has 1 aliphatic heterocycles. The van der Waals surface area contributed by atoms with Gasteiger partial charge in [-0.2, -0.15) is 5.10 Å². The van der Waals surface area contributed by atoms with Gasteiger partial charge in [0.05, 0.1) is 20.1 Å². The smallest absolute Gasteiger partial charge is 0.229 e. The zero-order valence-corrected chi connectivity index (χ0v) is 17.0. The number of hydrogen-bond donors (Lipinski definition) is 1. The molecule has 0 saturated carbocycles. The van der Waals surface area contributed by atoms with Gasteiger partial charge >= 0.3 is 0 Å². The first-order valence-corrected chi connectivity index (χ1v) is 9.79. The van der Waals surface area contributed by atoms with E-state index >= 15 is 0 Å². The summed E-state index contributed by atoms with van der Waals surface area (Å²) < 4.78 is 12.2. The number of nitrogens with one attached hydrogen (secondary N) is 1. The van der Waals surface area contributed by atoms with Crippen LogP contribution in [0.15, 0.2) is 48.8 Å². The van der Waals surface area contributed by atoms with Crippen LogP contribution in [0.3, 0.4) is 0 Å². The number of carbonyl (C=O) groups is 1. The number of nitrogens with zero attached hydrogens (tertiary/aromatic N) is 5. The zero-order chi connectivity index (χ0) is 20.9. The highest BCUT2D eigenvalue weighted by Gasteiger charge is 2.27. The van der Waals surface area contributed by atoms with Crippen LogP contribution in [0.2, 0.25) is 0 Å². The molecule has 3 aromatic rings. The van der Waals surface area contributed by atoms with E-state index in [1.807, 2.05) is 24.4 Å². The van der Waals surface area contributed by atoms with Crippen molar-refractivity contribution in [1.29, 1.82) is 0 Å². The van der Waals surface area contributed by atoms with Crippen LogP contribution in [0.4, 0.5) is 11.5 Å². The van der Waals surface area contributed by atoms with E-state index in [1.165, 1.54) is 0 Å². The molecule has 3 heterocycles. The third-order valence-electron chi connectivity index (χ3n) is 5.14. The Kier molecular flexibility index (Phi) is 5.78. The summed E-state index contributed by atoms with van der Waals surface area (Å²) in [5, 5.41) is 15.7. The summed E-state index contributed by atoms with van der Waals surface area (Å²) in [5.41, 5.74) is 0.679. The summed E-state index contributed by atoms with van der Waals surface area (Å²) in [4.78, 5) is 14.9. The van der Waals surface area contributed by atoms with Crippen molar-refractivity contribution in [3.63, 3.8) is 0 Å². The molecule has 30 heavy (non-hydrogen) atoms. The molecule has 1 saturated heterocycles. The SMILES string of the molecule is COc1ccc(NC(=O)C2CCCN(c3ccc(-n4cccn4)nn3)C2)cc1OC. The quantitative estimate of drug-likeness (QED) is 0.670. The summed E-state index contributed by atoms with van der Waals surface area (Å²) in [6.45, 7) is 1.44. The molecule has 1 amide bonds. The Labute approximate surface area is 174 Å². The van der Waals surface area contributed by atoms with Crippen LogP contribution in [0.5, 0.6) is 11.5 Å². The minimum Gasteiger partial charge on any atom is -0.493 e. The van der Waals surface area contributed by atoms with Gasteiger partial charge < -0.3 is 19.7 Å². The predicted molar refractivity (Wildman–Crippen MR) is 112 cm³/mol. The molecule has 0 bridgehead atoms. The zero-order valence-electron chi connectivity index (χ0n) is 17.0. The van der Waals surface area contributed by atoms with E-state index in [0.29, 0.717) is 29.5 Å². The predicted octanol–water partition coefficient (Wildman–Crippen LogP) is 2.53. The standard InChI is InChI=1S/C21H24N6O3/c1-29-17-7-6-16(13-18(17)30-2)23-21(28)15-5-3-11-26(14-15)19-8-9-20(25-24-19)27-12-4-10-22-27/h4,6-10,12-13,15H,3,5,11,14H2,1-2H3,(H,23,28). The van der Waals surface area contributed by atoms with E-state index in [0.717, 1.165) is 25.2 Å². The minimum atomic E-state index is -0.139. The lowest BCUT2D eigenvalue weighted by atomic mass is 9.97. The monoisotopic (exact) mass is 408 g/mol. The van der Waals surface area contributed by atoms with Gasteiger partial charge in [-0.1, -0.05) is 0 Å². The number of hydrogen-bond acceptors (Lipinski definition) is 7. The Hall–Kier alpha value is -3.62. The third kappa shape index (κ3) is 4.19. The van der Waals surface area contributed by atoms with Crippen molar-refractivity contribution in [2.45, 2.75) is 12.8 Å². The molecule has 1 fully saturated rings. The normalized spacial score (nSPS) is 16.2. The van der Waals surface area contributed by atoms with E-state index in [9.17, 15) is 4.79 Å².